The van der Waals surface area contributed by atoms with Crippen LogP contribution in [0.25, 0.3) is 0 Å². The number of rotatable bonds is 3. The fourth-order valence-electron chi connectivity index (χ4n) is 1.03. The summed E-state index contributed by atoms with van der Waals surface area (Å²) in [7, 11) is 0. The van der Waals surface area contributed by atoms with E-state index in [0.29, 0.717) is 6.42 Å². The highest BCUT2D eigenvalue weighted by Crippen LogP contribution is 2.25. The van der Waals surface area contributed by atoms with E-state index in [0.717, 1.165) is 11.8 Å². The van der Waals surface area contributed by atoms with Gasteiger partial charge >= 0.3 is 11.9 Å². The van der Waals surface area contributed by atoms with Crippen molar-refractivity contribution in [2.24, 2.45) is 0 Å². The van der Waals surface area contributed by atoms with Crippen molar-refractivity contribution in [3.63, 3.8) is 0 Å². The molecule has 0 amide bonds. The number of aliphatic carboxylic acids is 1. The van der Waals surface area contributed by atoms with Gasteiger partial charge in [-0.15, -0.1) is 11.8 Å². The van der Waals surface area contributed by atoms with Gasteiger partial charge in [-0.1, -0.05) is 0 Å². The van der Waals surface area contributed by atoms with Gasteiger partial charge in [-0.3, -0.25) is 9.59 Å². The van der Waals surface area contributed by atoms with Gasteiger partial charge in [-0.05, 0) is 6.92 Å². The maximum absolute atomic E-state index is 11.0. The first-order chi connectivity index (χ1) is 5.59. The maximum Gasteiger partial charge on any atom is 0.319 e. The minimum atomic E-state index is -0.896. The third-order valence-electron chi connectivity index (χ3n) is 1.53. The molecule has 1 aliphatic heterocycles. The fraction of sp³-hybridized carbons (Fsp3) is 0.714. The van der Waals surface area contributed by atoms with E-state index in [1.807, 2.05) is 0 Å². The first-order valence-corrected chi connectivity index (χ1v) is 4.68. The van der Waals surface area contributed by atoms with Gasteiger partial charge in [0.25, 0.3) is 0 Å². The standard InChI is InChI=1S/C7H10O4S/c1-4-2-5(7(10)11-4)12-3-6(8)9/h4-5H,2-3H2,1H3,(H,8,9)/t4-,5+/m0/s1. The van der Waals surface area contributed by atoms with Crippen LogP contribution >= 0.6 is 11.8 Å². The van der Waals surface area contributed by atoms with E-state index in [2.05, 4.69) is 0 Å². The van der Waals surface area contributed by atoms with Crippen molar-refractivity contribution < 1.29 is 19.4 Å². The molecule has 2 atom stereocenters. The van der Waals surface area contributed by atoms with Crippen LogP contribution in [0.3, 0.4) is 0 Å². The molecule has 0 aromatic heterocycles. The Labute approximate surface area is 74.3 Å². The molecular weight excluding hydrogens is 180 g/mol. The smallest absolute Gasteiger partial charge is 0.319 e. The van der Waals surface area contributed by atoms with Gasteiger partial charge < -0.3 is 9.84 Å². The minimum Gasteiger partial charge on any atom is -0.481 e. The van der Waals surface area contributed by atoms with Crippen molar-refractivity contribution >= 4 is 23.7 Å². The zero-order valence-electron chi connectivity index (χ0n) is 6.65. The lowest BCUT2D eigenvalue weighted by Crippen LogP contribution is -2.12. The summed E-state index contributed by atoms with van der Waals surface area (Å²) in [6.07, 6.45) is 0.556. The summed E-state index contributed by atoms with van der Waals surface area (Å²) in [6, 6.07) is 0. The fourth-order valence-corrected chi connectivity index (χ4v) is 1.97. The number of esters is 1. The Morgan fingerprint density at radius 3 is 2.92 bits per heavy atom. The Morgan fingerprint density at radius 1 is 1.83 bits per heavy atom. The molecule has 1 rings (SSSR count). The first kappa shape index (κ1) is 9.38. The molecule has 1 fully saturated rings. The molecule has 0 aliphatic carbocycles. The lowest BCUT2D eigenvalue weighted by Gasteiger charge is -2.00. The summed E-state index contributed by atoms with van der Waals surface area (Å²) in [6.45, 7) is 1.80. The number of carbonyl (C=O) groups excluding carboxylic acids is 1. The Balaban J connectivity index is 2.33. The molecular formula is C7H10O4S. The molecule has 68 valence electrons. The molecule has 0 aromatic carbocycles. The Hall–Kier alpha value is -0.710. The van der Waals surface area contributed by atoms with Crippen LogP contribution in [-0.4, -0.2) is 34.2 Å². The number of carboxylic acids is 1. The summed E-state index contributed by atoms with van der Waals surface area (Å²) >= 11 is 1.13. The molecule has 0 spiro atoms. The van der Waals surface area contributed by atoms with Crippen molar-refractivity contribution in [3.8, 4) is 0 Å². The summed E-state index contributed by atoms with van der Waals surface area (Å²) < 4.78 is 4.85. The molecule has 1 saturated heterocycles. The highest BCUT2D eigenvalue weighted by molar-refractivity contribution is 8.01. The lowest BCUT2D eigenvalue weighted by atomic mass is 10.3. The zero-order chi connectivity index (χ0) is 9.14. The third kappa shape index (κ3) is 2.41. The van der Waals surface area contributed by atoms with Gasteiger partial charge in [0.1, 0.15) is 11.4 Å². The molecule has 1 N–H and O–H groups in total. The van der Waals surface area contributed by atoms with Gasteiger partial charge in [0.05, 0.1) is 5.75 Å². The number of carboxylic acid groups (broad SMARTS) is 1. The normalized spacial score (nSPS) is 28.6. The molecule has 0 radical (unpaired) electrons. The van der Waals surface area contributed by atoms with E-state index >= 15 is 0 Å². The summed E-state index contributed by atoms with van der Waals surface area (Å²) in [5.74, 6) is -1.21. The van der Waals surface area contributed by atoms with Gasteiger partial charge in [0.15, 0.2) is 0 Å². The second-order valence-electron chi connectivity index (χ2n) is 2.68. The summed E-state index contributed by atoms with van der Waals surface area (Å²) in [5.41, 5.74) is 0. The van der Waals surface area contributed by atoms with E-state index in [1.54, 1.807) is 6.92 Å². The summed E-state index contributed by atoms with van der Waals surface area (Å²) in [5, 5.41) is 8.07. The van der Waals surface area contributed by atoms with Crippen molar-refractivity contribution in [3.05, 3.63) is 0 Å². The first-order valence-electron chi connectivity index (χ1n) is 3.63. The minimum absolute atomic E-state index is 0.0352. The highest BCUT2D eigenvalue weighted by atomic mass is 32.2. The van der Waals surface area contributed by atoms with Crippen LogP contribution < -0.4 is 0 Å². The second-order valence-corrected chi connectivity index (χ2v) is 3.87. The van der Waals surface area contributed by atoms with E-state index in [1.165, 1.54) is 0 Å². The predicted molar refractivity (Wildman–Crippen MR) is 44.1 cm³/mol. The molecule has 12 heavy (non-hydrogen) atoms. The van der Waals surface area contributed by atoms with Crippen molar-refractivity contribution in [1.29, 1.82) is 0 Å². The van der Waals surface area contributed by atoms with Gasteiger partial charge in [0.2, 0.25) is 0 Å². The molecule has 0 bridgehead atoms. The van der Waals surface area contributed by atoms with Crippen LogP contribution in [0.1, 0.15) is 13.3 Å². The Morgan fingerprint density at radius 2 is 2.50 bits per heavy atom. The van der Waals surface area contributed by atoms with Crippen LogP contribution in [0, 0.1) is 0 Å². The van der Waals surface area contributed by atoms with Crippen molar-refractivity contribution in [2.75, 3.05) is 5.75 Å². The number of ether oxygens (including phenoxy) is 1. The Bertz CT molecular complexity index is 204. The molecule has 4 nitrogen and oxygen atoms in total. The molecule has 1 aliphatic rings. The molecule has 1 heterocycles. The number of hydrogen-bond acceptors (Lipinski definition) is 4. The van der Waals surface area contributed by atoms with Crippen molar-refractivity contribution in [1.82, 2.24) is 0 Å². The quantitative estimate of drug-likeness (QED) is 0.657. The Kier molecular flexibility index (Phi) is 2.97. The topological polar surface area (TPSA) is 63.6 Å². The molecule has 0 unspecified atom stereocenters. The van der Waals surface area contributed by atoms with Crippen LogP contribution in [0.4, 0.5) is 0 Å². The summed E-state index contributed by atoms with van der Waals surface area (Å²) in [4.78, 5) is 21.1. The maximum atomic E-state index is 11.0. The third-order valence-corrected chi connectivity index (χ3v) is 2.74. The SMILES string of the molecule is C[C@H]1C[C@@H](SCC(=O)O)C(=O)O1. The van der Waals surface area contributed by atoms with E-state index in [9.17, 15) is 9.59 Å². The van der Waals surface area contributed by atoms with Gasteiger partial charge in [-0.2, -0.15) is 0 Å². The van der Waals surface area contributed by atoms with Gasteiger partial charge in [-0.25, -0.2) is 0 Å². The van der Waals surface area contributed by atoms with Crippen LogP contribution in [-0.2, 0) is 14.3 Å². The largest absolute Gasteiger partial charge is 0.481 e. The average Bonchev–Trinajstić information content (AvgIpc) is 2.26. The van der Waals surface area contributed by atoms with Crippen LogP contribution in [0.2, 0.25) is 0 Å². The number of hydrogen-bond donors (Lipinski definition) is 1. The average molecular weight is 190 g/mol. The lowest BCUT2D eigenvalue weighted by molar-refractivity contribution is -0.140. The zero-order valence-corrected chi connectivity index (χ0v) is 7.47. The number of thioether (sulfide) groups is 1. The molecule has 0 saturated carbocycles. The van der Waals surface area contributed by atoms with Crippen LogP contribution in [0.15, 0.2) is 0 Å². The van der Waals surface area contributed by atoms with Crippen molar-refractivity contribution in [2.45, 2.75) is 24.7 Å². The second kappa shape index (κ2) is 3.80. The van der Waals surface area contributed by atoms with E-state index in [-0.39, 0.29) is 23.1 Å². The van der Waals surface area contributed by atoms with E-state index in [4.69, 9.17) is 9.84 Å². The van der Waals surface area contributed by atoms with E-state index < -0.39 is 5.97 Å². The molecule has 5 heteroatoms. The monoisotopic (exact) mass is 190 g/mol. The number of carbonyl (C=O) groups is 2. The van der Waals surface area contributed by atoms with Crippen LogP contribution in [0.5, 0.6) is 0 Å². The number of cyclic esters (lactones) is 1. The predicted octanol–water partition coefficient (Wildman–Crippen LogP) is 0.508. The molecule has 0 aromatic rings. The highest BCUT2D eigenvalue weighted by Gasteiger charge is 2.32. The van der Waals surface area contributed by atoms with Gasteiger partial charge in [0, 0.05) is 6.42 Å².